The number of benzene rings is 3. The van der Waals surface area contributed by atoms with Crippen molar-refractivity contribution in [2.75, 3.05) is 31.1 Å². The molecule has 4 aliphatic rings. The van der Waals surface area contributed by atoms with Crippen molar-refractivity contribution in [1.29, 1.82) is 0 Å². The number of primary amides is 1. The molecule has 11 amide bonds. The Balaban J connectivity index is 0.917. The monoisotopic (exact) mass is 1930 g/mol. The molecular weight excluding hydrogens is 1800 g/mol. The maximum atomic E-state index is 15.5. The molecule has 2 aliphatic heterocycles. The van der Waals surface area contributed by atoms with Gasteiger partial charge in [-0.05, 0) is 167 Å². The first-order valence-electron chi connectivity index (χ1n) is 48.1. The molecule has 2 saturated carbocycles. The van der Waals surface area contributed by atoms with Crippen LogP contribution < -0.4 is 53.6 Å². The van der Waals surface area contributed by atoms with E-state index in [-0.39, 0.29) is 149 Å². The Morgan fingerprint density at radius 3 is 1.96 bits per heavy atom. The van der Waals surface area contributed by atoms with Crippen LogP contribution in [0.2, 0.25) is 0 Å². The summed E-state index contributed by atoms with van der Waals surface area (Å²) >= 11 is 2.76. The normalized spacial score (nSPS) is 23.5. The van der Waals surface area contributed by atoms with E-state index in [0.717, 1.165) is 36.8 Å². The smallest absolute Gasteiger partial charge is 0.326 e. The van der Waals surface area contributed by atoms with Crippen molar-refractivity contribution in [1.82, 2.24) is 67.7 Å². The number of amides is 11. The van der Waals surface area contributed by atoms with Crippen molar-refractivity contribution in [2.45, 2.75) is 311 Å². The van der Waals surface area contributed by atoms with Crippen molar-refractivity contribution < 1.29 is 106 Å². The zero-order chi connectivity index (χ0) is 98.2. The van der Waals surface area contributed by atoms with Crippen LogP contribution in [0.15, 0.2) is 85.5 Å². The molecule has 4 heterocycles. The number of unbranched alkanes of at least 4 members (excludes halogenated alkanes) is 13. The maximum absolute atomic E-state index is 15.5. The second kappa shape index (κ2) is 55.8. The summed E-state index contributed by atoms with van der Waals surface area (Å²) in [4.78, 5) is 236. The van der Waals surface area contributed by atoms with Gasteiger partial charge in [-0.2, -0.15) is 23.5 Å². The Bertz CT molecular complexity index is 4870. The number of aliphatic carboxylic acids is 3. The van der Waals surface area contributed by atoms with E-state index in [0.29, 0.717) is 66.5 Å². The van der Waals surface area contributed by atoms with E-state index in [1.54, 1.807) is 6.92 Å². The van der Waals surface area contributed by atoms with E-state index < -0.39 is 198 Å². The molecule has 0 radical (unpaired) electrons. The lowest BCUT2D eigenvalue weighted by atomic mass is 9.75. The number of imidazole rings is 1. The zero-order valence-electron chi connectivity index (χ0n) is 77.9. The Labute approximate surface area is 800 Å². The summed E-state index contributed by atoms with van der Waals surface area (Å²) in [5, 5.41) is 64.7. The van der Waals surface area contributed by atoms with Crippen molar-refractivity contribution in [3.05, 3.63) is 119 Å². The first-order valence-corrected chi connectivity index (χ1v) is 50.4. The van der Waals surface area contributed by atoms with Gasteiger partial charge in [0.05, 0.1) is 42.4 Å². The van der Waals surface area contributed by atoms with Crippen LogP contribution >= 0.6 is 23.5 Å². The number of fused-ring (bicyclic) bond motifs is 5. The molecule has 34 nitrogen and oxygen atoms in total. The summed E-state index contributed by atoms with van der Waals surface area (Å²) in [5.41, 5.74) is 7.55. The Hall–Kier alpha value is -11.3. The molecule has 136 heavy (non-hydrogen) atoms. The topological polar surface area (TPSA) is 536 Å². The Morgan fingerprint density at radius 1 is 0.647 bits per heavy atom. The van der Waals surface area contributed by atoms with Crippen LogP contribution in [0.3, 0.4) is 0 Å². The fraction of sp³-hybridized carbons (Fsp3) is 0.602. The number of carboxylic acid groups (broad SMARTS) is 3. The minimum absolute atomic E-state index is 0.0112. The Kier molecular flexibility index (Phi) is 44.4. The van der Waals surface area contributed by atoms with Gasteiger partial charge in [0.15, 0.2) is 5.78 Å². The predicted molar refractivity (Wildman–Crippen MR) is 507 cm³/mol. The number of hydrogen-bond acceptors (Lipinski definition) is 20. The number of nitrogens with zero attached hydrogens (tertiary/aromatic N) is 2. The first kappa shape index (κ1) is 108. The lowest BCUT2D eigenvalue weighted by molar-refractivity contribution is -0.146. The average Bonchev–Trinajstić information content (AvgIpc) is 1.58. The van der Waals surface area contributed by atoms with Crippen molar-refractivity contribution in [2.24, 2.45) is 35.3 Å². The molecule has 0 spiro atoms. The molecule has 3 aromatic carbocycles. The fourth-order valence-electron chi connectivity index (χ4n) is 18.7. The number of phenols is 1. The minimum atomic E-state index is -2.04. The largest absolute Gasteiger partial charge is 0.508 e. The third-order valence-corrected chi connectivity index (χ3v) is 28.7. The number of hydrogen-bond donors (Lipinski definition) is 16. The molecular formula is C98H136F2N14O20S2. The van der Waals surface area contributed by atoms with E-state index in [1.165, 1.54) is 141 Å². The van der Waals surface area contributed by atoms with Gasteiger partial charge < -0.3 is 88.9 Å². The van der Waals surface area contributed by atoms with E-state index >= 15 is 32.8 Å². The SMILES string of the molecule is CCCCCCCCCCCCCCCC(=O)C[C@@H](CCC(=O)N[C@@H](CCC(=O)NCCCC[C@@H]1NC(=O)CCSCc2cccc(c2)CSC[C@@H](C(N)=O)CC(=O)[C@]2(C)CCCN2C(=O)[C@H](Cc2ccc(O)cc2)NC(=O)[C@H](Cc2c[nH]cn2)NC(=O)[C@H](CC(=O)O)NC(=O)[C@H](CC2CCC3CCC(F)CC32)NC(=O)[C@H](Cc2c[nH]c3ccc(F)cc23)NC(=O)CNC1=O)C(=O)O)C(=O)O. The molecule has 2 bridgehead atoms. The van der Waals surface area contributed by atoms with Gasteiger partial charge in [-0.3, -0.25) is 71.9 Å². The highest BCUT2D eigenvalue weighted by molar-refractivity contribution is 7.98. The summed E-state index contributed by atoms with van der Waals surface area (Å²) < 4.78 is 30.6. The fourth-order valence-corrected chi connectivity index (χ4v) is 20.7. The van der Waals surface area contributed by atoms with Crippen LogP contribution in [-0.4, -0.2) is 220 Å². The van der Waals surface area contributed by atoms with E-state index in [2.05, 4.69) is 69.7 Å². The number of aromatic amines is 2. The van der Waals surface area contributed by atoms with Crippen molar-refractivity contribution >= 4 is 129 Å². The molecule has 38 heteroatoms. The number of phenolic OH excluding ortho intramolecular Hbond substituents is 1. The number of nitrogens with one attached hydrogen (secondary N) is 11. The van der Waals surface area contributed by atoms with E-state index in [4.69, 9.17) is 5.73 Å². The third kappa shape index (κ3) is 35.7. The minimum Gasteiger partial charge on any atom is -0.508 e. The van der Waals surface area contributed by atoms with Crippen LogP contribution in [0.1, 0.15) is 254 Å². The molecule has 14 atom stereocenters. The van der Waals surface area contributed by atoms with Gasteiger partial charge in [-0.1, -0.05) is 120 Å². The number of aromatic hydroxyl groups is 1. The second-order valence-electron chi connectivity index (χ2n) is 36.9. The molecule has 1 saturated heterocycles. The number of alkyl halides is 1. The number of Topliss-reactive ketones (excluding diaryl/α,β-unsaturated/α-hetero) is 2. The number of carbonyl (C=O) groups is 16. The summed E-state index contributed by atoms with van der Waals surface area (Å²) in [5.74, 6) is -17.2. The molecule has 17 N–H and O–H groups in total. The van der Waals surface area contributed by atoms with Crippen molar-refractivity contribution in [3.63, 3.8) is 0 Å². The average molecular weight is 1930 g/mol. The third-order valence-electron chi connectivity index (χ3n) is 26.5. The second-order valence-corrected chi connectivity index (χ2v) is 39.1. The number of carboxylic acids is 3. The van der Waals surface area contributed by atoms with Crippen LogP contribution in [-0.2, 0) is 107 Å². The maximum Gasteiger partial charge on any atom is 0.326 e. The summed E-state index contributed by atoms with van der Waals surface area (Å²) in [6, 6.07) is 5.66. The van der Waals surface area contributed by atoms with Crippen LogP contribution in [0.4, 0.5) is 8.78 Å². The summed E-state index contributed by atoms with van der Waals surface area (Å²) in [7, 11) is 0. The number of thioether (sulfide) groups is 2. The van der Waals surface area contributed by atoms with Gasteiger partial charge >= 0.3 is 17.9 Å². The molecule has 3 fully saturated rings. The quantitative estimate of drug-likeness (QED) is 0.0162. The van der Waals surface area contributed by atoms with Gasteiger partial charge in [0, 0.05) is 117 Å². The van der Waals surface area contributed by atoms with E-state index in [1.807, 2.05) is 24.3 Å². The number of aromatic nitrogens is 3. The van der Waals surface area contributed by atoms with Gasteiger partial charge in [-0.15, -0.1) is 0 Å². The number of carbonyl (C=O) groups excluding carboxylic acids is 13. The number of rotatable bonds is 41. The highest BCUT2D eigenvalue weighted by Crippen LogP contribution is 2.48. The zero-order valence-corrected chi connectivity index (χ0v) is 79.5. The van der Waals surface area contributed by atoms with Crippen LogP contribution in [0, 0.1) is 35.4 Å². The van der Waals surface area contributed by atoms with Gasteiger partial charge in [0.25, 0.3) is 0 Å². The number of ketones is 2. The number of H-pyrrole nitrogens is 2. The first-order chi connectivity index (χ1) is 65.2. The number of halogens is 2. The molecule has 4 unspecified atom stereocenters. The Morgan fingerprint density at radius 2 is 1.29 bits per heavy atom. The summed E-state index contributed by atoms with van der Waals surface area (Å²) in [6.45, 7) is 2.95. The lowest BCUT2D eigenvalue weighted by Crippen LogP contribution is -2.61. The van der Waals surface area contributed by atoms with Gasteiger partial charge in [0.2, 0.25) is 65.0 Å². The van der Waals surface area contributed by atoms with E-state index in [9.17, 15) is 73.2 Å². The molecule has 5 aromatic rings. The summed E-state index contributed by atoms with van der Waals surface area (Å²) in [6.07, 6.45) is 16.2. The lowest BCUT2D eigenvalue weighted by Gasteiger charge is -2.37. The highest BCUT2D eigenvalue weighted by atomic mass is 32.2. The van der Waals surface area contributed by atoms with Gasteiger partial charge in [0.1, 0.15) is 65.8 Å². The number of nitrogens with two attached hydrogens (primary N) is 1. The highest BCUT2D eigenvalue weighted by Gasteiger charge is 2.49. The standard InChI is InChI=1S/C98H136F2N14O20S2/c1-3-4-5-6-7-8-9-10-11-12-13-14-15-22-72(116)45-65(96(131)132)29-36-85(119)108-77(97(133)134)35-37-84(118)103-40-17-16-23-76-90(125)105-55-87(121)109-78(47-66-53-104-75-34-31-69(100)50-74(66)75)91(126)110-79(46-64-27-26-63-28-30-68(99)49-73(63)64)92(127)112-81(52-88(122)123)94(129)111-80(51-70-54-102-59-106-70)93(128)113-82(44-60-24-32-71(115)33-25-60)95(130)114-41-19-39-98(114,2)83(117)48-67(89(101)124)58-136-57-62-21-18-20-61(43-62)56-135-42-38-86(120)107-76/h18,20-21,24-25,31-34,43,50,53-54,59,63-65,67-68,73,76-82,104,115H,3-17,19,22-23,26-30,35-42,44-49,51-52,55-58H2,1-2H3,(H2,101,124)(H,102,106)(H,103,118)(H,105,125)(H,107,120)(H,108,119)(H,109,121)(H,110,126)(H,111,129)(H,112,127)(H,113,128)(H,122,123)(H,131,132)(H,133,134)/t63?,64?,65-,67+,68?,73?,76+,77+,78+,79+,80+,81+,82+,98+/m1/s1. The predicted octanol–water partition coefficient (Wildman–Crippen LogP) is 9.39. The van der Waals surface area contributed by atoms with Crippen LogP contribution in [0.25, 0.3) is 10.9 Å². The van der Waals surface area contributed by atoms with Gasteiger partial charge in [-0.25, -0.2) is 18.6 Å². The molecule has 2 aliphatic carbocycles. The molecule has 744 valence electrons. The molecule has 9 rings (SSSR count). The van der Waals surface area contributed by atoms with Crippen LogP contribution in [0.5, 0.6) is 5.75 Å². The van der Waals surface area contributed by atoms with Crippen molar-refractivity contribution in [3.8, 4) is 5.75 Å². The molecule has 2 aromatic heterocycles.